The Morgan fingerprint density at radius 3 is 2.92 bits per heavy atom. The number of hydrogen-bond acceptors (Lipinski definition) is 6. The molecule has 8 heteroatoms. The van der Waals surface area contributed by atoms with Gasteiger partial charge in [0.1, 0.15) is 17.1 Å². The first-order valence-corrected chi connectivity index (χ1v) is 8.44. The normalized spacial score (nSPS) is 18.5. The quantitative estimate of drug-likeness (QED) is 0.858. The maximum Gasteiger partial charge on any atom is 0.322 e. The Morgan fingerprint density at radius 2 is 2.28 bits per heavy atom. The average Bonchev–Trinajstić information content (AvgIpc) is 3.22. The summed E-state index contributed by atoms with van der Waals surface area (Å²) in [6, 6.07) is 3.71. The molecular weight excluding hydrogens is 324 g/mol. The van der Waals surface area contributed by atoms with Crippen LogP contribution in [0, 0.1) is 13.8 Å². The van der Waals surface area contributed by atoms with Crippen LogP contribution < -0.4 is 5.32 Å². The second kappa shape index (κ2) is 7.71. The molecule has 0 saturated carbocycles. The summed E-state index contributed by atoms with van der Waals surface area (Å²) in [5, 5.41) is 16.1. The van der Waals surface area contributed by atoms with Crippen molar-refractivity contribution >= 4 is 11.7 Å². The SMILES string of the molecule is Cc1noc(C)c1NC(=O)N1CCN(Cc2ccco2)[C@@H](CCO)C1. The molecule has 2 N–H and O–H groups in total. The molecule has 3 rings (SSSR count). The number of amides is 2. The fraction of sp³-hybridized carbons (Fsp3) is 0.529. The molecule has 8 nitrogen and oxygen atoms in total. The molecule has 25 heavy (non-hydrogen) atoms. The molecule has 0 radical (unpaired) electrons. The van der Waals surface area contributed by atoms with Gasteiger partial charge in [0.15, 0.2) is 5.76 Å². The lowest BCUT2D eigenvalue weighted by Crippen LogP contribution is -2.55. The number of carbonyl (C=O) groups excluding carboxylic acids is 1. The molecule has 0 spiro atoms. The third-order valence-electron chi connectivity index (χ3n) is 4.56. The van der Waals surface area contributed by atoms with Gasteiger partial charge in [0.2, 0.25) is 0 Å². The molecule has 1 aliphatic heterocycles. The summed E-state index contributed by atoms with van der Waals surface area (Å²) in [7, 11) is 0. The van der Waals surface area contributed by atoms with E-state index in [1.165, 1.54) is 0 Å². The Balaban J connectivity index is 1.63. The van der Waals surface area contributed by atoms with Gasteiger partial charge >= 0.3 is 6.03 Å². The summed E-state index contributed by atoms with van der Waals surface area (Å²) >= 11 is 0. The van der Waals surface area contributed by atoms with Crippen LogP contribution in [0.25, 0.3) is 0 Å². The highest BCUT2D eigenvalue weighted by molar-refractivity contribution is 5.90. The Morgan fingerprint density at radius 1 is 1.44 bits per heavy atom. The van der Waals surface area contributed by atoms with Crippen molar-refractivity contribution in [2.24, 2.45) is 0 Å². The smallest absolute Gasteiger partial charge is 0.322 e. The lowest BCUT2D eigenvalue weighted by molar-refractivity contribution is 0.0669. The number of piperazine rings is 1. The number of urea groups is 1. The van der Waals surface area contributed by atoms with Gasteiger partial charge in [-0.05, 0) is 32.4 Å². The number of aromatic nitrogens is 1. The minimum Gasteiger partial charge on any atom is -0.468 e. The zero-order valence-corrected chi connectivity index (χ0v) is 14.6. The van der Waals surface area contributed by atoms with Gasteiger partial charge in [-0.2, -0.15) is 0 Å². The molecule has 0 aromatic carbocycles. The topological polar surface area (TPSA) is 95.0 Å². The first kappa shape index (κ1) is 17.5. The van der Waals surface area contributed by atoms with Gasteiger partial charge in [-0.1, -0.05) is 5.16 Å². The molecule has 1 fully saturated rings. The van der Waals surface area contributed by atoms with Crippen molar-refractivity contribution in [1.82, 2.24) is 15.0 Å². The van der Waals surface area contributed by atoms with E-state index in [2.05, 4.69) is 15.4 Å². The van der Waals surface area contributed by atoms with E-state index in [-0.39, 0.29) is 18.7 Å². The minimum atomic E-state index is -0.171. The summed E-state index contributed by atoms with van der Waals surface area (Å²) < 4.78 is 10.5. The average molecular weight is 348 g/mol. The predicted octanol–water partition coefficient (Wildman–Crippen LogP) is 1.99. The molecule has 136 valence electrons. The van der Waals surface area contributed by atoms with Crippen LogP contribution in [0.2, 0.25) is 0 Å². The van der Waals surface area contributed by atoms with Crippen molar-refractivity contribution in [2.45, 2.75) is 32.9 Å². The molecule has 2 aromatic heterocycles. The Kier molecular flexibility index (Phi) is 5.40. The number of furan rings is 1. The molecule has 0 unspecified atom stereocenters. The van der Waals surface area contributed by atoms with E-state index >= 15 is 0 Å². The fourth-order valence-electron chi connectivity index (χ4n) is 3.16. The van der Waals surface area contributed by atoms with Crippen molar-refractivity contribution in [3.8, 4) is 0 Å². The minimum absolute atomic E-state index is 0.0820. The van der Waals surface area contributed by atoms with Gasteiger partial charge in [0, 0.05) is 32.3 Å². The highest BCUT2D eigenvalue weighted by atomic mass is 16.5. The molecule has 1 atom stereocenters. The largest absolute Gasteiger partial charge is 0.468 e. The summed E-state index contributed by atoms with van der Waals surface area (Å²) in [4.78, 5) is 16.6. The Bertz CT molecular complexity index is 678. The van der Waals surface area contributed by atoms with Crippen LogP contribution >= 0.6 is 0 Å². The van der Waals surface area contributed by atoms with Gasteiger partial charge in [0.25, 0.3) is 0 Å². The number of hydrogen-bond donors (Lipinski definition) is 2. The monoisotopic (exact) mass is 348 g/mol. The van der Waals surface area contributed by atoms with Crippen LogP contribution in [-0.4, -0.2) is 58.4 Å². The predicted molar refractivity (Wildman–Crippen MR) is 91.2 cm³/mol. The second-order valence-electron chi connectivity index (χ2n) is 6.29. The van der Waals surface area contributed by atoms with Gasteiger partial charge in [-0.3, -0.25) is 4.90 Å². The molecule has 3 heterocycles. The van der Waals surface area contributed by atoms with Crippen molar-refractivity contribution in [3.05, 3.63) is 35.6 Å². The van der Waals surface area contributed by atoms with E-state index in [0.29, 0.717) is 43.2 Å². The summed E-state index contributed by atoms with van der Waals surface area (Å²) in [5.41, 5.74) is 1.29. The molecule has 2 amide bonds. The second-order valence-corrected chi connectivity index (χ2v) is 6.29. The van der Waals surface area contributed by atoms with E-state index in [1.54, 1.807) is 25.0 Å². The number of aliphatic hydroxyl groups is 1. The summed E-state index contributed by atoms with van der Waals surface area (Å²) in [6.45, 7) is 6.21. The van der Waals surface area contributed by atoms with Crippen LogP contribution in [0.15, 0.2) is 27.3 Å². The highest BCUT2D eigenvalue weighted by Crippen LogP contribution is 2.21. The van der Waals surface area contributed by atoms with Crippen LogP contribution in [0.4, 0.5) is 10.5 Å². The molecule has 2 aromatic rings. The lowest BCUT2D eigenvalue weighted by Gasteiger charge is -2.40. The summed E-state index contributed by atoms with van der Waals surface area (Å²) in [6.07, 6.45) is 2.26. The van der Waals surface area contributed by atoms with Gasteiger partial charge in [-0.25, -0.2) is 4.79 Å². The maximum atomic E-state index is 12.6. The van der Waals surface area contributed by atoms with E-state index in [9.17, 15) is 9.90 Å². The number of aliphatic hydroxyl groups excluding tert-OH is 1. The lowest BCUT2D eigenvalue weighted by atomic mass is 10.1. The van der Waals surface area contributed by atoms with Crippen molar-refractivity contribution < 1.29 is 18.8 Å². The number of carbonyl (C=O) groups is 1. The zero-order chi connectivity index (χ0) is 17.8. The molecule has 0 bridgehead atoms. The standard InChI is InChI=1S/C17H24N4O4/c1-12-16(13(2)25-19-12)18-17(23)21-7-6-20(14(10-21)5-8-22)11-15-4-3-9-24-15/h3-4,9,14,22H,5-8,10-11H2,1-2H3,(H,18,23)/t14-/m0/s1. The van der Waals surface area contributed by atoms with E-state index in [0.717, 1.165) is 12.3 Å². The number of aryl methyl sites for hydroxylation is 2. The first-order valence-electron chi connectivity index (χ1n) is 8.44. The fourth-order valence-corrected chi connectivity index (χ4v) is 3.16. The third kappa shape index (κ3) is 4.02. The van der Waals surface area contributed by atoms with Crippen LogP contribution in [-0.2, 0) is 6.54 Å². The Hall–Kier alpha value is -2.32. The number of anilines is 1. The number of rotatable bonds is 5. The molecular formula is C17H24N4O4. The third-order valence-corrected chi connectivity index (χ3v) is 4.56. The van der Waals surface area contributed by atoms with E-state index in [4.69, 9.17) is 8.94 Å². The van der Waals surface area contributed by atoms with Crippen LogP contribution in [0.3, 0.4) is 0 Å². The van der Waals surface area contributed by atoms with Gasteiger partial charge in [0.05, 0.1) is 12.8 Å². The molecule has 0 aliphatic carbocycles. The first-order chi connectivity index (χ1) is 12.1. The van der Waals surface area contributed by atoms with Crippen LogP contribution in [0.1, 0.15) is 23.6 Å². The van der Waals surface area contributed by atoms with Crippen molar-refractivity contribution in [1.29, 1.82) is 0 Å². The number of nitrogens with one attached hydrogen (secondary N) is 1. The number of nitrogens with zero attached hydrogens (tertiary/aromatic N) is 3. The molecule has 1 aliphatic rings. The highest BCUT2D eigenvalue weighted by Gasteiger charge is 2.30. The van der Waals surface area contributed by atoms with Gasteiger partial charge in [-0.15, -0.1) is 0 Å². The maximum absolute atomic E-state index is 12.6. The van der Waals surface area contributed by atoms with Crippen molar-refractivity contribution in [3.63, 3.8) is 0 Å². The molecule has 1 saturated heterocycles. The van der Waals surface area contributed by atoms with Gasteiger partial charge < -0.3 is 24.3 Å². The van der Waals surface area contributed by atoms with E-state index < -0.39 is 0 Å². The van der Waals surface area contributed by atoms with E-state index in [1.807, 2.05) is 12.1 Å². The van der Waals surface area contributed by atoms with Crippen molar-refractivity contribution in [2.75, 3.05) is 31.6 Å². The Labute approximate surface area is 146 Å². The zero-order valence-electron chi connectivity index (χ0n) is 14.6. The summed E-state index contributed by atoms with van der Waals surface area (Å²) in [5.74, 6) is 1.48. The van der Waals surface area contributed by atoms with Crippen LogP contribution in [0.5, 0.6) is 0 Å².